The molecule has 0 amide bonds. The van der Waals surface area contributed by atoms with Gasteiger partial charge in [0, 0.05) is 67.0 Å². The van der Waals surface area contributed by atoms with Gasteiger partial charge in [-0.15, -0.1) is 0 Å². The Bertz CT molecular complexity index is 1300. The van der Waals surface area contributed by atoms with Gasteiger partial charge >= 0.3 is 0 Å². The topological polar surface area (TPSA) is 44.4 Å². The molecule has 0 bridgehead atoms. The van der Waals surface area contributed by atoms with Crippen molar-refractivity contribution in [2.24, 2.45) is 0 Å². The maximum atomic E-state index is 13.6. The molecule has 5 nitrogen and oxygen atoms in total. The molecule has 1 aliphatic heterocycles. The summed E-state index contributed by atoms with van der Waals surface area (Å²) in [4.78, 5) is 13.1. The molecule has 2 aromatic heterocycles. The van der Waals surface area contributed by atoms with Gasteiger partial charge in [0.15, 0.2) is 0 Å². The minimum absolute atomic E-state index is 0.179. The molecule has 1 saturated heterocycles. The Hall–Kier alpha value is -3.12. The monoisotopic (exact) mass is 458 g/mol. The minimum Gasteiger partial charge on any atom is -0.497 e. The summed E-state index contributed by atoms with van der Waals surface area (Å²) in [5, 5.41) is 2.30. The smallest absolute Gasteiger partial charge is 0.125 e. The summed E-state index contributed by atoms with van der Waals surface area (Å²) in [6.45, 7) is 4.17. The van der Waals surface area contributed by atoms with Crippen LogP contribution in [0.25, 0.3) is 21.8 Å². The molecule has 6 rings (SSSR count). The lowest BCUT2D eigenvalue weighted by Gasteiger charge is -2.42. The summed E-state index contributed by atoms with van der Waals surface area (Å²) >= 11 is 0. The zero-order valence-corrected chi connectivity index (χ0v) is 19.6. The lowest BCUT2D eigenvalue weighted by Crippen LogP contribution is -2.51. The third-order valence-corrected chi connectivity index (χ3v) is 7.88. The van der Waals surface area contributed by atoms with Crippen LogP contribution in [0.15, 0.2) is 54.9 Å². The predicted octanol–water partition coefficient (Wildman–Crippen LogP) is 5.71. The Labute approximate surface area is 199 Å². The number of rotatable bonds is 4. The number of nitrogens with zero attached hydrogens (tertiary/aromatic N) is 3. The van der Waals surface area contributed by atoms with Crippen LogP contribution < -0.4 is 9.64 Å². The number of aromatic amines is 1. The van der Waals surface area contributed by atoms with Crippen LogP contribution in [0, 0.1) is 5.82 Å². The van der Waals surface area contributed by atoms with Crippen molar-refractivity contribution in [3.63, 3.8) is 0 Å². The van der Waals surface area contributed by atoms with Gasteiger partial charge in [-0.1, -0.05) is 6.07 Å². The van der Waals surface area contributed by atoms with Crippen molar-refractivity contribution in [3.8, 4) is 5.75 Å². The normalized spacial score (nSPS) is 21.9. The summed E-state index contributed by atoms with van der Waals surface area (Å²) in [5.74, 6) is 1.27. The van der Waals surface area contributed by atoms with Crippen molar-refractivity contribution < 1.29 is 9.13 Å². The average Bonchev–Trinajstić information content (AvgIpc) is 3.31. The molecule has 1 aliphatic carbocycles. The van der Waals surface area contributed by atoms with Crippen molar-refractivity contribution in [1.82, 2.24) is 14.9 Å². The summed E-state index contributed by atoms with van der Waals surface area (Å²) in [7, 11) is 1.73. The van der Waals surface area contributed by atoms with Gasteiger partial charge in [0.25, 0.3) is 0 Å². The van der Waals surface area contributed by atoms with E-state index in [-0.39, 0.29) is 5.82 Å². The second kappa shape index (κ2) is 8.91. The third-order valence-electron chi connectivity index (χ3n) is 7.88. The van der Waals surface area contributed by atoms with Crippen molar-refractivity contribution in [3.05, 3.63) is 66.2 Å². The van der Waals surface area contributed by atoms with Crippen molar-refractivity contribution >= 4 is 27.5 Å². The number of H-pyrrole nitrogens is 1. The molecule has 4 aromatic rings. The molecule has 0 spiro atoms. The number of hydrogen-bond acceptors (Lipinski definition) is 4. The number of aromatic nitrogens is 2. The highest BCUT2D eigenvalue weighted by Gasteiger charge is 2.30. The molecule has 176 valence electrons. The van der Waals surface area contributed by atoms with E-state index in [2.05, 4.69) is 44.2 Å². The van der Waals surface area contributed by atoms with E-state index in [1.165, 1.54) is 42.3 Å². The van der Waals surface area contributed by atoms with Crippen LogP contribution in [0.5, 0.6) is 5.75 Å². The van der Waals surface area contributed by atoms with E-state index in [9.17, 15) is 4.39 Å². The predicted molar refractivity (Wildman–Crippen MR) is 135 cm³/mol. The van der Waals surface area contributed by atoms with Crippen LogP contribution in [-0.4, -0.2) is 54.2 Å². The van der Waals surface area contributed by atoms with E-state index in [0.717, 1.165) is 48.3 Å². The van der Waals surface area contributed by atoms with E-state index < -0.39 is 0 Å². The molecule has 2 aliphatic rings. The second-order valence-electron chi connectivity index (χ2n) is 9.68. The largest absolute Gasteiger partial charge is 0.497 e. The molecular weight excluding hydrogens is 427 g/mol. The van der Waals surface area contributed by atoms with Gasteiger partial charge in [0.2, 0.25) is 0 Å². The molecule has 0 atom stereocenters. The Morgan fingerprint density at radius 2 is 1.82 bits per heavy atom. The van der Waals surface area contributed by atoms with Gasteiger partial charge in [-0.3, -0.25) is 9.88 Å². The molecule has 1 saturated carbocycles. The summed E-state index contributed by atoms with van der Waals surface area (Å²) in [6, 6.07) is 14.0. The SMILES string of the molecule is COc1cc(N2CCN(C3CCC(c4c[nH]c5cc(F)ccc45)CC3)CC2)c2ncccc2c1. The quantitative estimate of drug-likeness (QED) is 0.425. The molecule has 2 aromatic carbocycles. The van der Waals surface area contributed by atoms with Crippen LogP contribution in [0.2, 0.25) is 0 Å². The Morgan fingerprint density at radius 1 is 1.00 bits per heavy atom. The van der Waals surface area contributed by atoms with Gasteiger partial charge < -0.3 is 14.6 Å². The van der Waals surface area contributed by atoms with E-state index in [0.29, 0.717) is 12.0 Å². The first-order valence-electron chi connectivity index (χ1n) is 12.4. The third kappa shape index (κ3) is 3.90. The molecule has 6 heteroatoms. The Balaban J connectivity index is 1.10. The second-order valence-corrected chi connectivity index (χ2v) is 9.68. The average molecular weight is 459 g/mol. The number of pyridine rings is 1. The lowest BCUT2D eigenvalue weighted by molar-refractivity contribution is 0.141. The number of piperazine rings is 1. The first kappa shape index (κ1) is 21.4. The first-order valence-corrected chi connectivity index (χ1v) is 12.4. The molecule has 0 unspecified atom stereocenters. The number of anilines is 1. The highest BCUT2D eigenvalue weighted by molar-refractivity contribution is 5.92. The highest BCUT2D eigenvalue weighted by atomic mass is 19.1. The summed E-state index contributed by atoms with van der Waals surface area (Å²) < 4.78 is 19.1. The first-order chi connectivity index (χ1) is 16.7. The van der Waals surface area contributed by atoms with Crippen molar-refractivity contribution in [1.29, 1.82) is 0 Å². The van der Waals surface area contributed by atoms with Gasteiger partial charge in [0.1, 0.15) is 11.6 Å². The molecule has 34 heavy (non-hydrogen) atoms. The fraction of sp³-hybridized carbons (Fsp3) is 0.393. The standard InChI is InChI=1S/C28H31FN4O/c1-34-23-15-20-3-2-10-30-28(20)27(17-23)33-13-11-32(12-14-33)22-7-4-19(5-8-22)25-18-31-26-16-21(29)6-9-24(25)26/h2-3,6,9-10,15-19,22,31H,4-5,7-8,11-14H2,1H3. The minimum atomic E-state index is -0.179. The summed E-state index contributed by atoms with van der Waals surface area (Å²) in [6.07, 6.45) is 8.81. The van der Waals surface area contributed by atoms with Gasteiger partial charge in [-0.25, -0.2) is 4.39 Å². The fourth-order valence-corrected chi connectivity index (χ4v) is 6.04. The van der Waals surface area contributed by atoms with E-state index >= 15 is 0 Å². The van der Waals surface area contributed by atoms with Crippen LogP contribution in [0.1, 0.15) is 37.2 Å². The Morgan fingerprint density at radius 3 is 2.62 bits per heavy atom. The number of fused-ring (bicyclic) bond motifs is 2. The van der Waals surface area contributed by atoms with Gasteiger partial charge in [0.05, 0.1) is 18.3 Å². The molecule has 3 heterocycles. The lowest BCUT2D eigenvalue weighted by atomic mass is 9.81. The van der Waals surface area contributed by atoms with E-state index in [1.54, 1.807) is 19.2 Å². The number of methoxy groups -OCH3 is 1. The van der Waals surface area contributed by atoms with Crippen LogP contribution in [0.3, 0.4) is 0 Å². The number of ether oxygens (including phenoxy) is 1. The maximum Gasteiger partial charge on any atom is 0.125 e. The van der Waals surface area contributed by atoms with Gasteiger partial charge in [-0.05, 0) is 67.5 Å². The van der Waals surface area contributed by atoms with Crippen molar-refractivity contribution in [2.45, 2.75) is 37.6 Å². The molecule has 2 fully saturated rings. The molecular formula is C28H31FN4O. The van der Waals surface area contributed by atoms with Crippen LogP contribution in [0.4, 0.5) is 10.1 Å². The maximum absolute atomic E-state index is 13.6. The fourth-order valence-electron chi connectivity index (χ4n) is 6.04. The number of benzene rings is 2. The van der Waals surface area contributed by atoms with Crippen LogP contribution in [-0.2, 0) is 0 Å². The molecule has 0 radical (unpaired) electrons. The zero-order valence-electron chi connectivity index (χ0n) is 19.6. The van der Waals surface area contributed by atoms with Gasteiger partial charge in [-0.2, -0.15) is 0 Å². The Kier molecular flexibility index (Phi) is 5.61. The van der Waals surface area contributed by atoms with E-state index in [1.807, 2.05) is 18.3 Å². The van der Waals surface area contributed by atoms with Crippen molar-refractivity contribution in [2.75, 3.05) is 38.2 Å². The van der Waals surface area contributed by atoms with Crippen LogP contribution >= 0.6 is 0 Å². The summed E-state index contributed by atoms with van der Waals surface area (Å²) in [5.41, 5.74) is 4.49. The number of hydrogen-bond donors (Lipinski definition) is 1. The highest BCUT2D eigenvalue weighted by Crippen LogP contribution is 2.39. The zero-order chi connectivity index (χ0) is 23.1. The molecule has 1 N–H and O–H groups in total. The van der Waals surface area contributed by atoms with E-state index in [4.69, 9.17) is 4.74 Å². The number of halogens is 1. The number of nitrogens with one attached hydrogen (secondary N) is 1.